The summed E-state index contributed by atoms with van der Waals surface area (Å²) in [4.78, 5) is 12.9. The minimum Gasteiger partial charge on any atom is -0.354 e. The third kappa shape index (κ3) is 2.83. The molecule has 2 aliphatic carbocycles. The van der Waals surface area contributed by atoms with E-state index < -0.39 is 14.6 Å². The molecule has 1 unspecified atom stereocenters. The Balaban J connectivity index is 1.49. The van der Waals surface area contributed by atoms with Crippen molar-refractivity contribution in [3.05, 3.63) is 64.7 Å². The lowest BCUT2D eigenvalue weighted by atomic mass is 10.0. The Hall–Kier alpha value is -1.85. The van der Waals surface area contributed by atoms with Crippen molar-refractivity contribution >= 4 is 27.3 Å². The first-order valence-corrected chi connectivity index (χ1v) is 10.7. The summed E-state index contributed by atoms with van der Waals surface area (Å²) in [7, 11) is -3.72. The number of rotatable bonds is 5. The molecule has 0 heterocycles. The Morgan fingerprint density at radius 1 is 1.12 bits per heavy atom. The quantitative estimate of drug-likeness (QED) is 0.851. The maximum absolute atomic E-state index is 13.0. The number of hydrogen-bond donors (Lipinski definition) is 1. The van der Waals surface area contributed by atoms with Gasteiger partial charge >= 0.3 is 0 Å². The molecular weight excluding hydrogens is 370 g/mol. The molecule has 0 aromatic heterocycles. The third-order valence-electron chi connectivity index (χ3n) is 5.52. The van der Waals surface area contributed by atoms with Gasteiger partial charge in [0, 0.05) is 17.5 Å². The third-order valence-corrected chi connectivity index (χ3v) is 8.29. The van der Waals surface area contributed by atoms with E-state index in [1.165, 1.54) is 35.4 Å². The molecule has 6 heteroatoms. The molecule has 0 bridgehead atoms. The average molecular weight is 390 g/mol. The summed E-state index contributed by atoms with van der Waals surface area (Å²) < 4.78 is 24.6. The highest BCUT2D eigenvalue weighted by molar-refractivity contribution is 7.94. The van der Waals surface area contributed by atoms with Gasteiger partial charge in [-0.2, -0.15) is 0 Å². The zero-order valence-corrected chi connectivity index (χ0v) is 15.8. The summed E-state index contributed by atoms with van der Waals surface area (Å²) in [5, 5.41) is 3.38. The Morgan fingerprint density at radius 2 is 1.81 bits per heavy atom. The molecule has 136 valence electrons. The van der Waals surface area contributed by atoms with E-state index in [-0.39, 0.29) is 16.7 Å². The summed E-state index contributed by atoms with van der Waals surface area (Å²) in [6.07, 6.45) is 2.72. The maximum Gasteiger partial charge on any atom is 0.241 e. The van der Waals surface area contributed by atoms with Crippen LogP contribution in [0.15, 0.2) is 53.4 Å². The molecule has 0 radical (unpaired) electrons. The number of aryl methyl sites for hydroxylation is 1. The Labute approximate surface area is 158 Å². The second-order valence-electron chi connectivity index (χ2n) is 7.10. The molecular formula is C20H20ClNO3S. The molecule has 1 atom stereocenters. The van der Waals surface area contributed by atoms with E-state index in [9.17, 15) is 13.2 Å². The summed E-state index contributed by atoms with van der Waals surface area (Å²) >= 11 is 5.84. The average Bonchev–Trinajstić information content (AvgIpc) is 3.37. The molecule has 0 saturated heterocycles. The lowest BCUT2D eigenvalue weighted by molar-refractivity contribution is -0.121. The fourth-order valence-corrected chi connectivity index (χ4v) is 5.83. The Kier molecular flexibility index (Phi) is 4.32. The number of sulfone groups is 1. The van der Waals surface area contributed by atoms with Crippen LogP contribution in [0.4, 0.5) is 0 Å². The van der Waals surface area contributed by atoms with Crippen LogP contribution in [0.3, 0.4) is 0 Å². The van der Waals surface area contributed by atoms with Crippen molar-refractivity contribution in [2.24, 2.45) is 0 Å². The first-order chi connectivity index (χ1) is 12.4. The van der Waals surface area contributed by atoms with Gasteiger partial charge in [-0.3, -0.25) is 4.79 Å². The van der Waals surface area contributed by atoms with Gasteiger partial charge < -0.3 is 5.32 Å². The predicted octanol–water partition coefficient (Wildman–Crippen LogP) is 3.49. The van der Waals surface area contributed by atoms with E-state index in [0.29, 0.717) is 24.4 Å². The van der Waals surface area contributed by atoms with E-state index in [0.717, 1.165) is 12.8 Å². The fraction of sp³-hybridized carbons (Fsp3) is 0.350. The highest BCUT2D eigenvalue weighted by Gasteiger charge is 2.61. The summed E-state index contributed by atoms with van der Waals surface area (Å²) in [5.74, 6) is -0.124. The molecule has 2 aromatic carbocycles. The van der Waals surface area contributed by atoms with Crippen LogP contribution in [0, 0.1) is 0 Å². The van der Waals surface area contributed by atoms with Crippen molar-refractivity contribution in [3.8, 4) is 0 Å². The number of benzene rings is 2. The summed E-state index contributed by atoms with van der Waals surface area (Å²) in [6, 6.07) is 14.3. The van der Waals surface area contributed by atoms with E-state index in [1.54, 1.807) is 0 Å². The Bertz CT molecular complexity index is 949. The molecule has 4 nitrogen and oxygen atoms in total. The van der Waals surface area contributed by atoms with Gasteiger partial charge in [-0.1, -0.05) is 35.9 Å². The normalized spacial score (nSPS) is 20.4. The molecule has 2 aromatic rings. The van der Waals surface area contributed by atoms with Crippen molar-refractivity contribution in [2.75, 3.05) is 6.54 Å². The SMILES string of the molecule is O=C(NCC1CCc2ccccc21)C1(S(=O)(=O)c2ccc(Cl)cc2)CC1. The van der Waals surface area contributed by atoms with Gasteiger partial charge in [0.05, 0.1) is 4.90 Å². The first-order valence-electron chi connectivity index (χ1n) is 8.80. The minimum atomic E-state index is -3.72. The van der Waals surface area contributed by atoms with E-state index in [1.807, 2.05) is 12.1 Å². The van der Waals surface area contributed by atoms with Crippen LogP contribution in [0.25, 0.3) is 0 Å². The lowest BCUT2D eigenvalue weighted by Crippen LogP contribution is -2.43. The highest BCUT2D eigenvalue weighted by atomic mass is 35.5. The molecule has 1 saturated carbocycles. The number of carbonyl (C=O) groups is 1. The van der Waals surface area contributed by atoms with Gasteiger partial charge in [-0.05, 0) is 61.1 Å². The minimum absolute atomic E-state index is 0.153. The predicted molar refractivity (Wildman–Crippen MR) is 101 cm³/mol. The van der Waals surface area contributed by atoms with Gasteiger partial charge in [0.1, 0.15) is 0 Å². The van der Waals surface area contributed by atoms with E-state index in [2.05, 4.69) is 17.4 Å². The van der Waals surface area contributed by atoms with Crippen molar-refractivity contribution in [2.45, 2.75) is 41.2 Å². The smallest absolute Gasteiger partial charge is 0.241 e. The number of carbonyl (C=O) groups excluding carboxylic acids is 1. The first kappa shape index (κ1) is 17.6. The molecule has 1 fully saturated rings. The van der Waals surface area contributed by atoms with E-state index >= 15 is 0 Å². The van der Waals surface area contributed by atoms with Gasteiger partial charge in [0.15, 0.2) is 14.6 Å². The largest absolute Gasteiger partial charge is 0.354 e. The van der Waals surface area contributed by atoms with Crippen LogP contribution < -0.4 is 5.32 Å². The Morgan fingerprint density at radius 3 is 2.50 bits per heavy atom. The standard InChI is InChI=1S/C20H20ClNO3S/c21-16-7-9-17(10-8-16)26(24,25)20(11-12-20)19(23)22-13-15-6-5-14-3-1-2-4-18(14)15/h1-4,7-10,15H,5-6,11-13H2,(H,22,23). The second kappa shape index (κ2) is 6.39. The van der Waals surface area contributed by atoms with Crippen molar-refractivity contribution < 1.29 is 13.2 Å². The van der Waals surface area contributed by atoms with Crippen LogP contribution in [0.5, 0.6) is 0 Å². The molecule has 1 N–H and O–H groups in total. The van der Waals surface area contributed by atoms with Crippen LogP contribution in [-0.2, 0) is 21.1 Å². The zero-order valence-electron chi connectivity index (χ0n) is 14.2. The fourth-order valence-electron chi connectivity index (χ4n) is 3.81. The molecule has 4 rings (SSSR count). The molecule has 2 aliphatic rings. The van der Waals surface area contributed by atoms with Gasteiger partial charge in [0.2, 0.25) is 5.91 Å². The number of hydrogen-bond acceptors (Lipinski definition) is 3. The molecule has 0 aliphatic heterocycles. The zero-order chi connectivity index (χ0) is 18.4. The number of halogens is 1. The van der Waals surface area contributed by atoms with Crippen LogP contribution in [-0.4, -0.2) is 25.6 Å². The topological polar surface area (TPSA) is 63.2 Å². The monoisotopic (exact) mass is 389 g/mol. The van der Waals surface area contributed by atoms with Gasteiger partial charge in [-0.15, -0.1) is 0 Å². The maximum atomic E-state index is 13.0. The van der Waals surface area contributed by atoms with E-state index in [4.69, 9.17) is 11.6 Å². The van der Waals surface area contributed by atoms with Crippen LogP contribution >= 0.6 is 11.6 Å². The van der Waals surface area contributed by atoms with Crippen LogP contribution in [0.1, 0.15) is 36.3 Å². The van der Waals surface area contributed by atoms with Gasteiger partial charge in [0.25, 0.3) is 0 Å². The van der Waals surface area contributed by atoms with Crippen molar-refractivity contribution in [3.63, 3.8) is 0 Å². The summed E-state index contributed by atoms with van der Waals surface area (Å²) in [6.45, 7) is 0.480. The lowest BCUT2D eigenvalue weighted by Gasteiger charge is -2.19. The van der Waals surface area contributed by atoms with Crippen molar-refractivity contribution in [1.82, 2.24) is 5.32 Å². The van der Waals surface area contributed by atoms with Crippen LogP contribution in [0.2, 0.25) is 5.02 Å². The second-order valence-corrected chi connectivity index (χ2v) is 9.79. The number of fused-ring (bicyclic) bond motifs is 1. The molecule has 1 amide bonds. The molecule has 0 spiro atoms. The van der Waals surface area contributed by atoms with Gasteiger partial charge in [-0.25, -0.2) is 8.42 Å². The highest BCUT2D eigenvalue weighted by Crippen LogP contribution is 2.47. The molecule has 26 heavy (non-hydrogen) atoms. The van der Waals surface area contributed by atoms with Crippen molar-refractivity contribution in [1.29, 1.82) is 0 Å². The number of nitrogens with one attached hydrogen (secondary N) is 1. The summed E-state index contributed by atoms with van der Waals surface area (Å²) in [5.41, 5.74) is 2.58. The number of amides is 1.